The van der Waals surface area contributed by atoms with Gasteiger partial charge in [-0.3, -0.25) is 4.79 Å². The summed E-state index contributed by atoms with van der Waals surface area (Å²) in [6.45, 7) is 3.89. The number of ether oxygens (including phenoxy) is 2. The summed E-state index contributed by atoms with van der Waals surface area (Å²) in [5.41, 5.74) is 0.194. The molecule has 3 heterocycles. The lowest BCUT2D eigenvalue weighted by Gasteiger charge is -2.31. The smallest absolute Gasteiger partial charge is 0.434 e. The number of hydrogen-bond donors (Lipinski definition) is 2. The van der Waals surface area contributed by atoms with Gasteiger partial charge in [0.05, 0.1) is 16.9 Å². The van der Waals surface area contributed by atoms with Crippen molar-refractivity contribution in [3.8, 4) is 5.75 Å². The van der Waals surface area contributed by atoms with Crippen molar-refractivity contribution in [3.63, 3.8) is 0 Å². The van der Waals surface area contributed by atoms with Crippen molar-refractivity contribution in [2.24, 2.45) is 0 Å². The number of aromatic nitrogens is 2. The number of aromatic amines is 2. The first-order valence-corrected chi connectivity index (χ1v) is 11.0. The molecule has 0 spiro atoms. The predicted octanol–water partition coefficient (Wildman–Crippen LogP) is 1.48. The molecule has 2 N–H and O–H groups in total. The second kappa shape index (κ2) is 7.74. The number of rotatable bonds is 4. The van der Waals surface area contributed by atoms with Gasteiger partial charge in [0.25, 0.3) is 5.56 Å². The van der Waals surface area contributed by atoms with E-state index in [9.17, 15) is 18.0 Å². The fourth-order valence-electron chi connectivity index (χ4n) is 3.53. The summed E-state index contributed by atoms with van der Waals surface area (Å²) in [5, 5.41) is 0.762. The number of H-pyrrole nitrogens is 2. The molecule has 1 aliphatic heterocycles. The Morgan fingerprint density at radius 2 is 1.93 bits per heavy atom. The quantitative estimate of drug-likeness (QED) is 0.596. The molecule has 0 unspecified atom stereocenters. The summed E-state index contributed by atoms with van der Waals surface area (Å²) in [5.74, 6) is 0.0914. The Morgan fingerprint density at radius 3 is 2.63 bits per heavy atom. The maximum absolute atomic E-state index is 13.1. The van der Waals surface area contributed by atoms with Crippen LogP contribution in [0.3, 0.4) is 0 Å². The van der Waals surface area contributed by atoms with Crippen LogP contribution in [-0.4, -0.2) is 73.6 Å². The fourth-order valence-corrected chi connectivity index (χ4v) is 4.98. The van der Waals surface area contributed by atoms with Crippen LogP contribution in [0.4, 0.5) is 4.79 Å². The van der Waals surface area contributed by atoms with Crippen LogP contribution in [0.2, 0.25) is 0 Å². The van der Waals surface area contributed by atoms with Gasteiger partial charge in [-0.05, 0) is 32.2 Å². The fraction of sp³-hybridized carbons (Fsp3) is 0.368. The minimum absolute atomic E-state index is 0.0914. The van der Waals surface area contributed by atoms with Crippen molar-refractivity contribution in [1.29, 1.82) is 0 Å². The average molecular weight is 434 g/mol. The molecule has 0 saturated carbocycles. The topological polar surface area (TPSA) is 125 Å². The normalized spacial score (nSPS) is 16.2. The first kappa shape index (κ1) is 20.4. The maximum Gasteiger partial charge on any atom is 0.513 e. The van der Waals surface area contributed by atoms with E-state index in [2.05, 4.69) is 14.9 Å². The van der Waals surface area contributed by atoms with Crippen LogP contribution in [0.5, 0.6) is 5.75 Å². The van der Waals surface area contributed by atoms with E-state index in [1.54, 1.807) is 13.0 Å². The first-order valence-electron chi connectivity index (χ1n) is 9.51. The molecule has 1 aromatic carbocycles. The van der Waals surface area contributed by atoms with Crippen molar-refractivity contribution >= 4 is 38.0 Å². The number of pyridine rings is 1. The number of sulfonamides is 1. The molecule has 0 bridgehead atoms. The highest BCUT2D eigenvalue weighted by Crippen LogP contribution is 2.32. The zero-order chi connectivity index (χ0) is 21.5. The van der Waals surface area contributed by atoms with E-state index in [0.29, 0.717) is 42.5 Å². The average Bonchev–Trinajstić information content (AvgIpc) is 3.13. The lowest BCUT2D eigenvalue weighted by atomic mass is 10.1. The van der Waals surface area contributed by atoms with Crippen LogP contribution in [0.25, 0.3) is 21.8 Å². The molecule has 2 aromatic heterocycles. The number of piperazine rings is 1. The summed E-state index contributed by atoms with van der Waals surface area (Å²) in [6.07, 6.45) is 0.464. The molecular weight excluding hydrogens is 412 g/mol. The zero-order valence-corrected chi connectivity index (χ0v) is 17.4. The Hall–Kier alpha value is -2.89. The summed E-state index contributed by atoms with van der Waals surface area (Å²) in [7, 11) is -1.76. The number of hydrogen-bond acceptors (Lipinski definition) is 7. The number of nitrogens with zero attached hydrogens (tertiary/aromatic N) is 2. The van der Waals surface area contributed by atoms with Crippen LogP contribution in [0.15, 0.2) is 34.1 Å². The Labute approximate surface area is 172 Å². The third kappa shape index (κ3) is 3.55. The summed E-state index contributed by atoms with van der Waals surface area (Å²) in [4.78, 5) is 31.8. The number of nitrogens with one attached hydrogen (secondary N) is 2. The van der Waals surface area contributed by atoms with E-state index in [0.717, 1.165) is 0 Å². The van der Waals surface area contributed by atoms with Crippen molar-refractivity contribution in [3.05, 3.63) is 34.7 Å². The molecule has 10 nitrogen and oxygen atoms in total. The number of carbonyl (C=O) groups is 1. The molecule has 3 aromatic rings. The maximum atomic E-state index is 13.1. The van der Waals surface area contributed by atoms with E-state index >= 15 is 0 Å². The van der Waals surface area contributed by atoms with E-state index in [1.165, 1.54) is 22.6 Å². The van der Waals surface area contributed by atoms with Crippen LogP contribution < -0.4 is 10.3 Å². The highest BCUT2D eigenvalue weighted by molar-refractivity contribution is 7.89. The van der Waals surface area contributed by atoms with Crippen LogP contribution in [-0.2, 0) is 14.8 Å². The van der Waals surface area contributed by atoms with Gasteiger partial charge in [0, 0.05) is 43.3 Å². The largest absolute Gasteiger partial charge is 0.513 e. The van der Waals surface area contributed by atoms with Crippen molar-refractivity contribution in [2.45, 2.75) is 11.8 Å². The van der Waals surface area contributed by atoms with Gasteiger partial charge < -0.3 is 24.3 Å². The van der Waals surface area contributed by atoms with Crippen molar-refractivity contribution in [1.82, 2.24) is 19.2 Å². The van der Waals surface area contributed by atoms with Crippen LogP contribution in [0.1, 0.15) is 6.92 Å². The predicted molar refractivity (Wildman–Crippen MR) is 110 cm³/mol. The van der Waals surface area contributed by atoms with Crippen molar-refractivity contribution < 1.29 is 22.7 Å². The van der Waals surface area contributed by atoms with E-state index in [4.69, 9.17) is 9.47 Å². The van der Waals surface area contributed by atoms with Gasteiger partial charge in [-0.15, -0.1) is 0 Å². The van der Waals surface area contributed by atoms with Gasteiger partial charge in [0.1, 0.15) is 5.52 Å². The summed E-state index contributed by atoms with van der Waals surface area (Å²) in [6, 6.07) is 4.50. The molecule has 1 fully saturated rings. The standard InChI is InChI=1S/C19H22N4O6S/c1-3-28-19(25)29-15-11-20-17-16(15)13-10-12(4-5-14(13)21-18(17)24)30(26,27)23-8-6-22(2)7-9-23/h4-5,10-11,20H,3,6-9H2,1-2H3,(H,21,24). The zero-order valence-electron chi connectivity index (χ0n) is 16.6. The lowest BCUT2D eigenvalue weighted by molar-refractivity contribution is 0.105. The Kier molecular flexibility index (Phi) is 5.26. The number of benzene rings is 1. The molecule has 0 aliphatic carbocycles. The molecule has 4 rings (SSSR count). The van der Waals surface area contributed by atoms with Gasteiger partial charge in [-0.25, -0.2) is 13.2 Å². The first-order chi connectivity index (χ1) is 14.3. The van der Waals surface area contributed by atoms with Crippen LogP contribution >= 0.6 is 0 Å². The summed E-state index contributed by atoms with van der Waals surface area (Å²) < 4.78 is 37.8. The third-order valence-corrected chi connectivity index (χ3v) is 7.03. The van der Waals surface area contributed by atoms with Gasteiger partial charge >= 0.3 is 6.16 Å². The molecule has 11 heteroatoms. The molecular formula is C19H22N4O6S. The molecule has 0 atom stereocenters. The van der Waals surface area contributed by atoms with Crippen LogP contribution in [0, 0.1) is 0 Å². The number of likely N-dealkylation sites (N-methyl/N-ethyl adjacent to an activating group) is 1. The van der Waals surface area contributed by atoms with Crippen molar-refractivity contribution in [2.75, 3.05) is 39.8 Å². The molecule has 1 aliphatic rings. The second-order valence-electron chi connectivity index (χ2n) is 7.06. The monoisotopic (exact) mass is 434 g/mol. The van der Waals surface area contributed by atoms with Gasteiger partial charge in [0.2, 0.25) is 10.0 Å². The number of fused-ring (bicyclic) bond motifs is 3. The SMILES string of the molecule is CCOC(=O)Oc1c[nH]c2c(=O)[nH]c3ccc(S(=O)(=O)N4CCN(C)CC4)cc3c12. The Balaban J connectivity index is 1.84. The molecule has 0 radical (unpaired) electrons. The van der Waals surface area contributed by atoms with Gasteiger partial charge in [0.15, 0.2) is 5.75 Å². The van der Waals surface area contributed by atoms with Gasteiger partial charge in [-0.2, -0.15) is 4.31 Å². The van der Waals surface area contributed by atoms with E-state index < -0.39 is 21.7 Å². The summed E-state index contributed by atoms with van der Waals surface area (Å²) >= 11 is 0. The third-order valence-electron chi connectivity index (χ3n) is 5.14. The second-order valence-corrected chi connectivity index (χ2v) is 8.99. The molecule has 160 valence electrons. The Morgan fingerprint density at radius 1 is 1.20 bits per heavy atom. The van der Waals surface area contributed by atoms with E-state index in [1.807, 2.05) is 7.05 Å². The number of carbonyl (C=O) groups excluding carboxylic acids is 1. The van der Waals surface area contributed by atoms with E-state index in [-0.39, 0.29) is 22.8 Å². The molecule has 30 heavy (non-hydrogen) atoms. The van der Waals surface area contributed by atoms with Gasteiger partial charge in [-0.1, -0.05) is 0 Å². The minimum Gasteiger partial charge on any atom is -0.434 e. The highest BCUT2D eigenvalue weighted by Gasteiger charge is 2.28. The molecule has 0 amide bonds. The highest BCUT2D eigenvalue weighted by atomic mass is 32.2. The Bertz CT molecular complexity index is 1270. The molecule has 1 saturated heterocycles. The lowest BCUT2D eigenvalue weighted by Crippen LogP contribution is -2.47. The minimum atomic E-state index is -3.71.